The number of hydrogen-bond acceptors (Lipinski definition) is 8. The van der Waals surface area contributed by atoms with Crippen LogP contribution in [0.1, 0.15) is 56.1 Å². The number of carboxylic acids is 1. The van der Waals surface area contributed by atoms with Crippen LogP contribution in [0.4, 0.5) is 0 Å². The van der Waals surface area contributed by atoms with Gasteiger partial charge in [0.25, 0.3) is 11.9 Å². The van der Waals surface area contributed by atoms with Crippen molar-refractivity contribution in [1.82, 2.24) is 20.6 Å². The number of nitrogens with one attached hydrogen (secondary N) is 2. The molecule has 1 aromatic heterocycles. The Morgan fingerprint density at radius 1 is 1.16 bits per heavy atom. The third-order valence-electron chi connectivity index (χ3n) is 6.06. The summed E-state index contributed by atoms with van der Waals surface area (Å²) in [6.07, 6.45) is 4.21. The van der Waals surface area contributed by atoms with E-state index in [1.54, 1.807) is 6.92 Å². The molecule has 0 saturated carbocycles. The quantitative estimate of drug-likeness (QED) is 0.382. The Hall–Kier alpha value is -3.80. The summed E-state index contributed by atoms with van der Waals surface area (Å²) < 4.78 is 11.2. The maximum atomic E-state index is 13.5. The van der Waals surface area contributed by atoms with E-state index in [2.05, 4.69) is 20.6 Å². The number of amides is 2. The van der Waals surface area contributed by atoms with Gasteiger partial charge in [-0.1, -0.05) is 51.1 Å². The minimum Gasteiger partial charge on any atom is -0.508 e. The topological polar surface area (TPSA) is 157 Å². The van der Waals surface area contributed by atoms with Crippen molar-refractivity contribution in [2.45, 2.75) is 64.0 Å². The number of rotatable bonds is 11. The first-order valence-electron chi connectivity index (χ1n) is 12.2. The molecule has 0 bridgehead atoms. The van der Waals surface area contributed by atoms with E-state index >= 15 is 0 Å². The average Bonchev–Trinajstić information content (AvgIpc) is 2.88. The summed E-state index contributed by atoms with van der Waals surface area (Å²) in [6, 6.07) is 8.13. The molecule has 1 fully saturated rings. The third-order valence-corrected chi connectivity index (χ3v) is 6.06. The van der Waals surface area contributed by atoms with Crippen molar-refractivity contribution in [1.29, 1.82) is 0 Å². The lowest BCUT2D eigenvalue weighted by Crippen LogP contribution is -2.62. The number of hydrogen-bond donors (Lipinski definition) is 3. The molecule has 1 aliphatic rings. The lowest BCUT2D eigenvalue weighted by Gasteiger charge is -2.38. The van der Waals surface area contributed by atoms with Crippen molar-refractivity contribution in [2.24, 2.45) is 5.92 Å². The van der Waals surface area contributed by atoms with Crippen LogP contribution >= 0.6 is 0 Å². The summed E-state index contributed by atoms with van der Waals surface area (Å²) in [6.45, 7) is 5.43. The largest absolute Gasteiger partial charge is 0.552 e. The number of nitrogens with zero attached hydrogens (tertiary/aromatic N) is 2. The number of carbonyl (C=O) groups excluding carboxylic acids is 3. The lowest BCUT2D eigenvalue weighted by atomic mass is 9.70. The van der Waals surface area contributed by atoms with E-state index in [0.29, 0.717) is 6.42 Å². The third kappa shape index (κ3) is 7.35. The summed E-state index contributed by atoms with van der Waals surface area (Å²) in [5.41, 5.74) is -0.895. The van der Waals surface area contributed by atoms with Gasteiger partial charge in [0.15, 0.2) is 5.60 Å². The van der Waals surface area contributed by atoms with Gasteiger partial charge in [0.1, 0.15) is 11.7 Å². The molecule has 196 valence electrons. The predicted octanol–water partition coefficient (Wildman–Crippen LogP) is 1.57. The Morgan fingerprint density at radius 2 is 1.89 bits per heavy atom. The Labute approximate surface area is 215 Å². The molecule has 37 heavy (non-hydrogen) atoms. The van der Waals surface area contributed by atoms with Gasteiger partial charge in [0, 0.05) is 18.8 Å². The zero-order chi connectivity index (χ0) is 27.0. The fourth-order valence-electron chi connectivity index (χ4n) is 4.08. The van der Waals surface area contributed by atoms with Crippen molar-refractivity contribution in [3.63, 3.8) is 0 Å². The highest BCUT2D eigenvalue weighted by Crippen LogP contribution is 2.29. The van der Waals surface area contributed by atoms with Crippen LogP contribution in [-0.4, -0.2) is 63.5 Å². The second-order valence-electron chi connectivity index (χ2n) is 9.36. The number of benzene rings is 1. The highest BCUT2D eigenvalue weighted by Gasteiger charge is 2.52. The molecule has 2 amide bonds. The van der Waals surface area contributed by atoms with Gasteiger partial charge in [-0.2, -0.15) is 0 Å². The fraction of sp³-hybridized carbons (Fsp3) is 0.440. The zero-order valence-corrected chi connectivity index (χ0v) is 21.0. The molecule has 2 aromatic rings. The molecule has 11 nitrogen and oxygen atoms in total. The van der Waals surface area contributed by atoms with Crippen LogP contribution in [0, 0.1) is 5.92 Å². The van der Waals surface area contributed by atoms with Crippen LogP contribution in [0.25, 0.3) is 0 Å². The molecule has 1 saturated heterocycles. The van der Waals surface area contributed by atoms with Gasteiger partial charge >= 0.3 is 13.1 Å². The van der Waals surface area contributed by atoms with Gasteiger partial charge in [-0.15, -0.1) is 0 Å². The van der Waals surface area contributed by atoms with Gasteiger partial charge in [0.05, 0.1) is 18.6 Å². The van der Waals surface area contributed by atoms with Crippen LogP contribution in [0.2, 0.25) is 0 Å². The summed E-state index contributed by atoms with van der Waals surface area (Å²) >= 11 is 0. The Morgan fingerprint density at radius 3 is 2.49 bits per heavy atom. The molecule has 2 unspecified atom stereocenters. The second-order valence-corrected chi connectivity index (χ2v) is 9.36. The summed E-state index contributed by atoms with van der Waals surface area (Å²) in [5.74, 6) is -3.94. The van der Waals surface area contributed by atoms with Gasteiger partial charge in [-0.05, 0) is 24.3 Å². The SMILES string of the molecule is CCC1(C(=O)O)CC(=O)OB([C@H](CC(C)C)NC(=O)C(Cc2ccccc2)NC(=O)c2cnccn2)O1. The normalized spacial score (nSPS) is 19.0. The molecule has 12 heteroatoms. The monoisotopic (exact) mass is 510 g/mol. The fourth-order valence-corrected chi connectivity index (χ4v) is 4.08. The first kappa shape index (κ1) is 27.8. The molecule has 1 aromatic carbocycles. The van der Waals surface area contributed by atoms with Crippen LogP contribution in [0.3, 0.4) is 0 Å². The molecule has 0 radical (unpaired) electrons. The maximum absolute atomic E-state index is 13.5. The first-order chi connectivity index (χ1) is 17.6. The van der Waals surface area contributed by atoms with Gasteiger partial charge in [-0.25, -0.2) is 9.78 Å². The highest BCUT2D eigenvalue weighted by molar-refractivity contribution is 6.50. The van der Waals surface area contributed by atoms with E-state index in [1.165, 1.54) is 18.6 Å². The Kier molecular flexibility index (Phi) is 9.34. The lowest BCUT2D eigenvalue weighted by molar-refractivity contribution is -0.171. The van der Waals surface area contributed by atoms with E-state index in [1.807, 2.05) is 44.2 Å². The summed E-state index contributed by atoms with van der Waals surface area (Å²) in [4.78, 5) is 58.5. The van der Waals surface area contributed by atoms with E-state index in [4.69, 9.17) is 9.31 Å². The second kappa shape index (κ2) is 12.4. The summed E-state index contributed by atoms with van der Waals surface area (Å²) in [5, 5.41) is 15.3. The molecule has 2 heterocycles. The smallest absolute Gasteiger partial charge is 0.508 e. The van der Waals surface area contributed by atoms with Crippen LogP contribution in [-0.2, 0) is 30.1 Å². The molecule has 1 aliphatic heterocycles. The van der Waals surface area contributed by atoms with Gasteiger partial charge < -0.3 is 25.0 Å². The number of carboxylic acid groups (broad SMARTS) is 1. The predicted molar refractivity (Wildman–Crippen MR) is 133 cm³/mol. The number of carbonyl (C=O) groups is 4. The van der Waals surface area contributed by atoms with E-state index in [-0.39, 0.29) is 24.5 Å². The molecule has 0 spiro atoms. The van der Waals surface area contributed by atoms with E-state index in [0.717, 1.165) is 5.56 Å². The molecule has 3 rings (SSSR count). The summed E-state index contributed by atoms with van der Waals surface area (Å²) in [7, 11) is -1.31. The van der Waals surface area contributed by atoms with E-state index in [9.17, 15) is 24.3 Å². The van der Waals surface area contributed by atoms with Crippen LogP contribution in [0.15, 0.2) is 48.9 Å². The average molecular weight is 510 g/mol. The maximum Gasteiger partial charge on any atom is 0.552 e. The highest BCUT2D eigenvalue weighted by atomic mass is 16.6. The number of aromatic nitrogens is 2. The number of aliphatic carboxylic acids is 1. The van der Waals surface area contributed by atoms with Crippen LogP contribution < -0.4 is 10.6 Å². The van der Waals surface area contributed by atoms with Crippen molar-refractivity contribution < 1.29 is 33.6 Å². The van der Waals surface area contributed by atoms with Gasteiger partial charge in [-0.3, -0.25) is 19.4 Å². The molecular weight excluding hydrogens is 479 g/mol. The molecule has 3 atom stereocenters. The van der Waals surface area contributed by atoms with Crippen molar-refractivity contribution >= 4 is 30.9 Å². The van der Waals surface area contributed by atoms with Crippen molar-refractivity contribution in [3.05, 3.63) is 60.2 Å². The van der Waals surface area contributed by atoms with Crippen LogP contribution in [0.5, 0.6) is 0 Å². The molecule has 3 N–H and O–H groups in total. The Bertz CT molecular complexity index is 1100. The molecular formula is C25H31BN4O7. The van der Waals surface area contributed by atoms with E-state index < -0.39 is 54.9 Å². The van der Waals surface area contributed by atoms with Crippen molar-refractivity contribution in [2.75, 3.05) is 0 Å². The molecule has 0 aliphatic carbocycles. The standard InChI is InChI=1S/C25H31BN4O7/c1-4-25(24(34)35)14-21(31)36-26(37-25)20(12-16(2)3)30-22(32)18(13-17-8-6-5-7-9-17)29-23(33)19-15-27-10-11-28-19/h5-11,15-16,18,20H,4,12-14H2,1-3H3,(H,29,33)(H,30,32)(H,34,35)/t18?,20-,25?/m0/s1. The minimum atomic E-state index is -1.75. The Balaban J connectivity index is 1.85. The van der Waals surface area contributed by atoms with Crippen molar-refractivity contribution in [3.8, 4) is 0 Å². The first-order valence-corrected chi connectivity index (χ1v) is 12.2. The van der Waals surface area contributed by atoms with Gasteiger partial charge in [0.2, 0.25) is 5.91 Å². The minimum absolute atomic E-state index is 0.0390. The zero-order valence-electron chi connectivity index (χ0n) is 21.0.